The number of carbonyl (C=O) groups is 1. The van der Waals surface area contributed by atoms with Crippen LogP contribution in [0.15, 0.2) is 29.2 Å². The molecule has 0 radical (unpaired) electrons. The zero-order valence-corrected chi connectivity index (χ0v) is 16.3. The van der Waals surface area contributed by atoms with Gasteiger partial charge in [-0.2, -0.15) is 23.4 Å². The van der Waals surface area contributed by atoms with Crippen LogP contribution in [0, 0.1) is 13.8 Å². The summed E-state index contributed by atoms with van der Waals surface area (Å²) >= 11 is 0. The highest BCUT2D eigenvalue weighted by Crippen LogP contribution is 2.36. The fourth-order valence-corrected chi connectivity index (χ4v) is 2.86. The average Bonchev–Trinajstić information content (AvgIpc) is 3.01. The fraction of sp³-hybridized carbons (Fsp3) is 0.278. The largest absolute Gasteiger partial charge is 0.435 e. The molecular weight excluding hydrogens is 403 g/mol. The number of nitrogens with zero attached hydrogens (tertiary/aromatic N) is 4. The predicted octanol–water partition coefficient (Wildman–Crippen LogP) is 2.52. The van der Waals surface area contributed by atoms with E-state index >= 15 is 0 Å². The number of halogens is 3. The van der Waals surface area contributed by atoms with Crippen LogP contribution in [0.25, 0.3) is 11.3 Å². The van der Waals surface area contributed by atoms with Gasteiger partial charge in [-0.3, -0.25) is 9.48 Å². The number of anilines is 1. The third-order valence-corrected chi connectivity index (χ3v) is 4.05. The van der Waals surface area contributed by atoms with E-state index < -0.39 is 17.9 Å². The quantitative estimate of drug-likeness (QED) is 0.598. The Kier molecular flexibility index (Phi) is 5.58. The van der Waals surface area contributed by atoms with Crippen LogP contribution < -0.4 is 16.2 Å². The van der Waals surface area contributed by atoms with Crippen LogP contribution in [-0.4, -0.2) is 31.0 Å². The molecule has 3 aromatic rings. The Morgan fingerprint density at radius 2 is 1.93 bits per heavy atom. The maximum Gasteiger partial charge on any atom is 0.435 e. The number of amides is 2. The molecule has 0 bridgehead atoms. The van der Waals surface area contributed by atoms with Gasteiger partial charge in [-0.1, -0.05) is 0 Å². The number of hydrogen-bond acceptors (Lipinski definition) is 5. The minimum Gasteiger partial charge on any atom is -0.332 e. The zero-order chi connectivity index (χ0) is 22.1. The van der Waals surface area contributed by atoms with Crippen molar-refractivity contribution in [2.75, 3.05) is 5.32 Å². The molecule has 3 aromatic heterocycles. The van der Waals surface area contributed by atoms with Crippen molar-refractivity contribution in [3.63, 3.8) is 0 Å². The number of hydrogen-bond donors (Lipinski definition) is 3. The highest BCUT2D eigenvalue weighted by atomic mass is 19.4. The fourth-order valence-electron chi connectivity index (χ4n) is 2.86. The number of pyridine rings is 1. The molecule has 30 heavy (non-hydrogen) atoms. The van der Waals surface area contributed by atoms with Crippen LogP contribution >= 0.6 is 0 Å². The Labute approximate surface area is 168 Å². The van der Waals surface area contributed by atoms with Crippen LogP contribution in [0.1, 0.15) is 22.6 Å². The molecule has 3 N–H and O–H groups in total. The van der Waals surface area contributed by atoms with Gasteiger partial charge in [0.25, 0.3) is 0 Å². The van der Waals surface area contributed by atoms with E-state index in [-0.39, 0.29) is 23.4 Å². The van der Waals surface area contributed by atoms with Gasteiger partial charge in [-0.25, -0.2) is 4.79 Å². The molecule has 2 amide bonds. The monoisotopic (exact) mass is 421 g/mol. The summed E-state index contributed by atoms with van der Waals surface area (Å²) in [6.45, 7) is 3.26. The Morgan fingerprint density at radius 3 is 2.57 bits per heavy atom. The molecule has 0 fully saturated rings. The molecular formula is C18H18F3N7O2. The van der Waals surface area contributed by atoms with Crippen molar-refractivity contribution in [1.29, 1.82) is 0 Å². The van der Waals surface area contributed by atoms with Crippen molar-refractivity contribution in [3.8, 4) is 11.3 Å². The molecule has 0 aliphatic carbocycles. The van der Waals surface area contributed by atoms with E-state index in [9.17, 15) is 22.8 Å². The maximum absolute atomic E-state index is 13.2. The predicted molar refractivity (Wildman–Crippen MR) is 102 cm³/mol. The smallest absolute Gasteiger partial charge is 0.332 e. The van der Waals surface area contributed by atoms with Crippen molar-refractivity contribution in [1.82, 2.24) is 30.3 Å². The normalized spacial score (nSPS) is 11.4. The minimum absolute atomic E-state index is 0.0126. The molecule has 0 saturated heterocycles. The number of H-pyrrole nitrogens is 1. The van der Waals surface area contributed by atoms with Gasteiger partial charge < -0.3 is 15.6 Å². The number of urea groups is 1. The molecule has 3 heterocycles. The van der Waals surface area contributed by atoms with Gasteiger partial charge in [-0.05, 0) is 31.5 Å². The van der Waals surface area contributed by atoms with Crippen molar-refractivity contribution >= 4 is 11.7 Å². The van der Waals surface area contributed by atoms with Crippen molar-refractivity contribution < 1.29 is 18.0 Å². The lowest BCUT2D eigenvalue weighted by Gasteiger charge is -2.10. The van der Waals surface area contributed by atoms with Crippen molar-refractivity contribution in [3.05, 3.63) is 57.4 Å². The molecule has 0 saturated carbocycles. The number of aromatic amines is 1. The van der Waals surface area contributed by atoms with Crippen LogP contribution in [0.5, 0.6) is 0 Å². The van der Waals surface area contributed by atoms with Gasteiger partial charge in [0.15, 0.2) is 5.69 Å². The number of nitrogens with one attached hydrogen (secondary N) is 3. The average molecular weight is 421 g/mol. The number of alkyl halides is 3. The summed E-state index contributed by atoms with van der Waals surface area (Å²) in [5.41, 5.74) is 0.208. The van der Waals surface area contributed by atoms with E-state index in [1.165, 1.54) is 25.4 Å². The Balaban J connectivity index is 1.72. The summed E-state index contributed by atoms with van der Waals surface area (Å²) in [6, 6.07) is 3.78. The molecule has 0 aliphatic rings. The summed E-state index contributed by atoms with van der Waals surface area (Å²) in [4.78, 5) is 26.0. The standard InChI is InChI=1S/C18H18F3N7O2/c1-9-4-12(7-22-17(30)24-11-5-10(2)23-14(29)6-11)25-26-15(9)13-8-28(3)27-16(13)18(19,20)21/h4-6,8H,7H2,1-3H3,(H3,22,23,24,29,30). The summed E-state index contributed by atoms with van der Waals surface area (Å²) in [5.74, 6) is 0. The minimum atomic E-state index is -4.62. The molecule has 3 rings (SSSR count). The lowest BCUT2D eigenvalue weighted by Crippen LogP contribution is -2.29. The van der Waals surface area contributed by atoms with Gasteiger partial charge in [0.2, 0.25) is 5.56 Å². The second-order valence-electron chi connectivity index (χ2n) is 6.65. The topological polar surface area (TPSA) is 118 Å². The van der Waals surface area contributed by atoms with Gasteiger partial charge in [-0.15, -0.1) is 5.10 Å². The highest BCUT2D eigenvalue weighted by molar-refractivity contribution is 5.89. The second kappa shape index (κ2) is 7.97. The lowest BCUT2D eigenvalue weighted by molar-refractivity contribution is -0.141. The second-order valence-corrected chi connectivity index (χ2v) is 6.65. The molecule has 0 aliphatic heterocycles. The first-order valence-electron chi connectivity index (χ1n) is 8.73. The number of aromatic nitrogens is 5. The van der Waals surface area contributed by atoms with Gasteiger partial charge in [0.05, 0.1) is 23.5 Å². The molecule has 12 heteroatoms. The summed E-state index contributed by atoms with van der Waals surface area (Å²) in [7, 11) is 1.39. The SMILES string of the molecule is Cc1cc(NC(=O)NCc2cc(C)c(-c3cn(C)nc3C(F)(F)F)nn2)cc(=O)[nH]1. The molecule has 158 valence electrons. The molecule has 0 aromatic carbocycles. The van der Waals surface area contributed by atoms with E-state index in [2.05, 4.69) is 30.9 Å². The van der Waals surface area contributed by atoms with E-state index in [1.54, 1.807) is 19.9 Å². The third-order valence-electron chi connectivity index (χ3n) is 4.05. The molecule has 9 nitrogen and oxygen atoms in total. The van der Waals surface area contributed by atoms with E-state index in [1.807, 2.05) is 0 Å². The third kappa shape index (κ3) is 4.82. The van der Waals surface area contributed by atoms with Gasteiger partial charge in [0.1, 0.15) is 0 Å². The molecule has 0 spiro atoms. The zero-order valence-electron chi connectivity index (χ0n) is 16.3. The van der Waals surface area contributed by atoms with Gasteiger partial charge >= 0.3 is 12.2 Å². The summed E-state index contributed by atoms with van der Waals surface area (Å²) in [5, 5.41) is 16.3. The van der Waals surface area contributed by atoms with Gasteiger partial charge in [0, 0.05) is 30.7 Å². The van der Waals surface area contributed by atoms with E-state index in [0.29, 0.717) is 22.6 Å². The molecule has 0 atom stereocenters. The number of rotatable bonds is 4. The lowest BCUT2D eigenvalue weighted by atomic mass is 10.1. The summed E-state index contributed by atoms with van der Waals surface area (Å²) < 4.78 is 40.7. The Morgan fingerprint density at radius 1 is 1.20 bits per heavy atom. The van der Waals surface area contributed by atoms with E-state index in [4.69, 9.17) is 0 Å². The van der Waals surface area contributed by atoms with Crippen molar-refractivity contribution in [2.24, 2.45) is 7.05 Å². The van der Waals surface area contributed by atoms with Crippen LogP contribution in [0.3, 0.4) is 0 Å². The summed E-state index contributed by atoms with van der Waals surface area (Å²) in [6.07, 6.45) is -3.39. The first kappa shape index (κ1) is 21.0. The van der Waals surface area contributed by atoms with E-state index in [0.717, 1.165) is 4.68 Å². The Bertz CT molecular complexity index is 1150. The first-order chi connectivity index (χ1) is 14.0. The van der Waals surface area contributed by atoms with Crippen LogP contribution in [0.2, 0.25) is 0 Å². The highest BCUT2D eigenvalue weighted by Gasteiger charge is 2.38. The van der Waals surface area contributed by atoms with Crippen LogP contribution in [-0.2, 0) is 19.8 Å². The number of aryl methyl sites for hydroxylation is 3. The Hall–Kier alpha value is -3.70. The number of carbonyl (C=O) groups excluding carboxylic acids is 1. The van der Waals surface area contributed by atoms with Crippen molar-refractivity contribution in [2.45, 2.75) is 26.6 Å². The molecule has 0 unspecified atom stereocenters. The maximum atomic E-state index is 13.2. The van der Waals surface area contributed by atoms with Crippen LogP contribution in [0.4, 0.5) is 23.7 Å². The first-order valence-corrected chi connectivity index (χ1v) is 8.73.